The van der Waals surface area contributed by atoms with Crippen molar-refractivity contribution < 1.29 is 4.52 Å². The van der Waals surface area contributed by atoms with Gasteiger partial charge in [-0.1, -0.05) is 35.5 Å². The molecule has 0 unspecified atom stereocenters. The smallest absolute Gasteiger partial charge is 0.154 e. The van der Waals surface area contributed by atoms with Gasteiger partial charge in [-0.25, -0.2) is 0 Å². The lowest BCUT2D eigenvalue weighted by molar-refractivity contribution is 0.239. The summed E-state index contributed by atoms with van der Waals surface area (Å²) in [5.74, 6) is 0.997. The van der Waals surface area contributed by atoms with Gasteiger partial charge in [0.05, 0.1) is 6.54 Å². The largest absolute Gasteiger partial charge is 0.359 e. The van der Waals surface area contributed by atoms with Crippen LogP contribution in [0.5, 0.6) is 0 Å². The van der Waals surface area contributed by atoms with E-state index in [1.54, 1.807) is 0 Å². The van der Waals surface area contributed by atoms with E-state index in [2.05, 4.69) is 45.7 Å². The van der Waals surface area contributed by atoms with Crippen LogP contribution in [-0.4, -0.2) is 23.6 Å². The highest BCUT2D eigenvalue weighted by molar-refractivity contribution is 5.26. The Hall–Kier alpha value is -1.65. The maximum atomic E-state index is 5.42. The number of hydrogen-bond donors (Lipinski definition) is 1. The Morgan fingerprint density at radius 2 is 2.16 bits per heavy atom. The van der Waals surface area contributed by atoms with Gasteiger partial charge in [0, 0.05) is 25.2 Å². The van der Waals surface area contributed by atoms with Crippen molar-refractivity contribution in [2.45, 2.75) is 26.1 Å². The molecule has 0 amide bonds. The summed E-state index contributed by atoms with van der Waals surface area (Å²) in [5, 5.41) is 7.33. The van der Waals surface area contributed by atoms with Gasteiger partial charge in [0.15, 0.2) is 5.76 Å². The highest BCUT2D eigenvalue weighted by Crippen LogP contribution is 2.23. The summed E-state index contributed by atoms with van der Waals surface area (Å²) in [6.07, 6.45) is 1.03. The van der Waals surface area contributed by atoms with Crippen molar-refractivity contribution in [1.82, 2.24) is 15.4 Å². The molecule has 4 nitrogen and oxygen atoms in total. The molecule has 0 saturated heterocycles. The monoisotopic (exact) mass is 257 g/mol. The number of benzene rings is 1. The summed E-state index contributed by atoms with van der Waals surface area (Å²) >= 11 is 0. The molecule has 0 saturated carbocycles. The zero-order valence-electron chi connectivity index (χ0n) is 11.2. The third kappa shape index (κ3) is 2.69. The van der Waals surface area contributed by atoms with Gasteiger partial charge >= 0.3 is 0 Å². The molecule has 1 aliphatic rings. The SMILES string of the molecule is CNCc1onc2c1CCN(Cc1ccccc1)C2. The number of aromatic nitrogens is 1. The predicted octanol–water partition coefficient (Wildman–Crippen LogP) is 1.95. The van der Waals surface area contributed by atoms with Gasteiger partial charge in [0.1, 0.15) is 5.69 Å². The second-order valence-corrected chi connectivity index (χ2v) is 5.01. The summed E-state index contributed by atoms with van der Waals surface area (Å²) < 4.78 is 5.42. The minimum atomic E-state index is 0.765. The fraction of sp³-hybridized carbons (Fsp3) is 0.400. The van der Waals surface area contributed by atoms with Gasteiger partial charge in [-0.2, -0.15) is 0 Å². The Balaban J connectivity index is 1.69. The van der Waals surface area contributed by atoms with E-state index < -0.39 is 0 Å². The van der Waals surface area contributed by atoms with Crippen LogP contribution in [0.3, 0.4) is 0 Å². The first-order valence-electron chi connectivity index (χ1n) is 6.74. The quantitative estimate of drug-likeness (QED) is 0.909. The zero-order valence-corrected chi connectivity index (χ0v) is 11.2. The third-order valence-corrected chi connectivity index (χ3v) is 3.59. The van der Waals surface area contributed by atoms with Crippen molar-refractivity contribution in [2.24, 2.45) is 0 Å². The molecule has 1 aliphatic heterocycles. The Labute approximate surface area is 113 Å². The van der Waals surface area contributed by atoms with Gasteiger partial charge in [-0.05, 0) is 19.0 Å². The van der Waals surface area contributed by atoms with Crippen LogP contribution >= 0.6 is 0 Å². The first-order chi connectivity index (χ1) is 9.36. The Bertz CT molecular complexity index is 536. The standard InChI is InChI=1S/C15H19N3O/c1-16-9-15-13-7-8-18(11-14(13)17-19-15)10-12-5-3-2-4-6-12/h2-6,16H,7-11H2,1H3. The summed E-state index contributed by atoms with van der Waals surface area (Å²) in [4.78, 5) is 2.42. The molecular formula is C15H19N3O. The highest BCUT2D eigenvalue weighted by Gasteiger charge is 2.23. The van der Waals surface area contributed by atoms with Crippen LogP contribution in [0.25, 0.3) is 0 Å². The molecule has 0 aliphatic carbocycles. The summed E-state index contributed by atoms with van der Waals surface area (Å²) in [6.45, 7) is 3.70. The maximum absolute atomic E-state index is 5.42. The highest BCUT2D eigenvalue weighted by atomic mass is 16.5. The number of hydrogen-bond acceptors (Lipinski definition) is 4. The molecule has 1 N–H and O–H groups in total. The molecule has 4 heteroatoms. The van der Waals surface area contributed by atoms with E-state index in [1.807, 2.05) is 7.05 Å². The van der Waals surface area contributed by atoms with Crippen molar-refractivity contribution in [2.75, 3.05) is 13.6 Å². The zero-order chi connectivity index (χ0) is 13.1. The minimum absolute atomic E-state index is 0.765. The number of nitrogens with zero attached hydrogens (tertiary/aromatic N) is 2. The molecule has 0 fully saturated rings. The van der Waals surface area contributed by atoms with Crippen LogP contribution < -0.4 is 5.32 Å². The lowest BCUT2D eigenvalue weighted by Crippen LogP contribution is -2.30. The summed E-state index contributed by atoms with van der Waals surface area (Å²) in [5.41, 5.74) is 3.76. The summed E-state index contributed by atoms with van der Waals surface area (Å²) in [6, 6.07) is 10.6. The Kier molecular flexibility index (Phi) is 3.62. The van der Waals surface area contributed by atoms with Gasteiger partial charge in [-0.3, -0.25) is 4.90 Å². The lowest BCUT2D eigenvalue weighted by atomic mass is 10.0. The second-order valence-electron chi connectivity index (χ2n) is 5.01. The Morgan fingerprint density at radius 3 is 2.95 bits per heavy atom. The van der Waals surface area contributed by atoms with E-state index in [1.165, 1.54) is 11.1 Å². The van der Waals surface area contributed by atoms with Crippen LogP contribution in [0.1, 0.15) is 22.6 Å². The third-order valence-electron chi connectivity index (χ3n) is 3.59. The van der Waals surface area contributed by atoms with Crippen molar-refractivity contribution in [3.05, 3.63) is 52.9 Å². The molecule has 2 heterocycles. The molecule has 1 aromatic carbocycles. The first-order valence-corrected chi connectivity index (χ1v) is 6.74. The molecule has 2 aromatic rings. The first kappa shape index (κ1) is 12.4. The molecular weight excluding hydrogens is 238 g/mol. The molecule has 0 bridgehead atoms. The van der Waals surface area contributed by atoms with Crippen LogP contribution in [0.15, 0.2) is 34.9 Å². The summed E-state index contributed by atoms with van der Waals surface area (Å²) in [7, 11) is 1.93. The topological polar surface area (TPSA) is 41.3 Å². The van der Waals surface area contributed by atoms with Gasteiger partial charge in [0.2, 0.25) is 0 Å². The van der Waals surface area contributed by atoms with E-state index in [9.17, 15) is 0 Å². The molecule has 1 aromatic heterocycles. The van der Waals surface area contributed by atoms with E-state index in [4.69, 9.17) is 4.52 Å². The maximum Gasteiger partial charge on any atom is 0.154 e. The van der Waals surface area contributed by atoms with Crippen LogP contribution in [0, 0.1) is 0 Å². The number of rotatable bonds is 4. The fourth-order valence-corrected chi connectivity index (χ4v) is 2.63. The van der Waals surface area contributed by atoms with Crippen LogP contribution in [0.2, 0.25) is 0 Å². The van der Waals surface area contributed by atoms with E-state index in [0.29, 0.717) is 0 Å². The number of fused-ring (bicyclic) bond motifs is 1. The lowest BCUT2D eigenvalue weighted by Gasteiger charge is -2.25. The normalized spacial score (nSPS) is 15.4. The van der Waals surface area contributed by atoms with E-state index in [0.717, 1.165) is 44.1 Å². The molecule has 19 heavy (non-hydrogen) atoms. The van der Waals surface area contributed by atoms with Crippen molar-refractivity contribution >= 4 is 0 Å². The van der Waals surface area contributed by atoms with Crippen molar-refractivity contribution in [3.63, 3.8) is 0 Å². The molecule has 0 spiro atoms. The average molecular weight is 257 g/mol. The molecule has 100 valence electrons. The van der Waals surface area contributed by atoms with Gasteiger partial charge in [0.25, 0.3) is 0 Å². The molecule has 3 rings (SSSR count). The molecule has 0 atom stereocenters. The van der Waals surface area contributed by atoms with Crippen LogP contribution in [-0.2, 0) is 26.1 Å². The van der Waals surface area contributed by atoms with Crippen molar-refractivity contribution in [3.8, 4) is 0 Å². The average Bonchev–Trinajstić information content (AvgIpc) is 2.83. The van der Waals surface area contributed by atoms with E-state index in [-0.39, 0.29) is 0 Å². The van der Waals surface area contributed by atoms with E-state index >= 15 is 0 Å². The van der Waals surface area contributed by atoms with Crippen LogP contribution in [0.4, 0.5) is 0 Å². The molecule has 0 radical (unpaired) electrons. The second kappa shape index (κ2) is 5.55. The van der Waals surface area contributed by atoms with Gasteiger partial charge in [-0.15, -0.1) is 0 Å². The predicted molar refractivity (Wildman–Crippen MR) is 73.5 cm³/mol. The van der Waals surface area contributed by atoms with Crippen molar-refractivity contribution in [1.29, 1.82) is 0 Å². The fourth-order valence-electron chi connectivity index (χ4n) is 2.63. The van der Waals surface area contributed by atoms with Gasteiger partial charge < -0.3 is 9.84 Å². The number of nitrogens with one attached hydrogen (secondary N) is 1. The minimum Gasteiger partial charge on any atom is -0.359 e. The Morgan fingerprint density at radius 1 is 1.32 bits per heavy atom.